The summed E-state index contributed by atoms with van der Waals surface area (Å²) in [7, 11) is -1.85. The van der Waals surface area contributed by atoms with Crippen LogP contribution in [-0.2, 0) is 23.4 Å². The van der Waals surface area contributed by atoms with Crippen LogP contribution in [0.3, 0.4) is 0 Å². The number of carbonyl (C=O) groups excluding carboxylic acids is 1. The van der Waals surface area contributed by atoms with E-state index in [1.807, 2.05) is 13.1 Å². The Morgan fingerprint density at radius 3 is 2.56 bits per heavy atom. The summed E-state index contributed by atoms with van der Waals surface area (Å²) in [4.78, 5) is 10.8. The number of ether oxygens (including phenoxy) is 3. The Kier molecular flexibility index (Phi) is 9.26. The molecule has 0 aromatic carbocycles. The van der Waals surface area contributed by atoms with Crippen molar-refractivity contribution in [3.8, 4) is 0 Å². The third-order valence-corrected chi connectivity index (χ3v) is 4.44. The first kappa shape index (κ1) is 16.9. The fraction of sp³-hybridized carbons (Fsp3) is 0.583. The lowest BCUT2D eigenvalue weighted by atomic mass is 10.7. The molecule has 18 heavy (non-hydrogen) atoms. The Morgan fingerprint density at radius 1 is 1.22 bits per heavy atom. The highest BCUT2D eigenvalue weighted by atomic mass is 28.4. The topological polar surface area (TPSA) is 54.0 Å². The summed E-state index contributed by atoms with van der Waals surface area (Å²) in [5.74, 6) is -0.474. The van der Waals surface area contributed by atoms with E-state index in [1.165, 1.54) is 6.26 Å². The number of hydrogen-bond acceptors (Lipinski definition) is 5. The van der Waals surface area contributed by atoms with Gasteiger partial charge < -0.3 is 18.6 Å². The molecule has 0 atom stereocenters. The largest absolute Gasteiger partial charge is 0.499 e. The highest BCUT2D eigenvalue weighted by molar-refractivity contribution is 6.71. The van der Waals surface area contributed by atoms with Crippen LogP contribution in [0.15, 0.2) is 25.5 Å². The van der Waals surface area contributed by atoms with Crippen molar-refractivity contribution in [3.63, 3.8) is 0 Å². The van der Waals surface area contributed by atoms with Gasteiger partial charge in [-0.05, 0) is 19.1 Å². The van der Waals surface area contributed by atoms with Crippen molar-refractivity contribution in [2.75, 3.05) is 26.6 Å². The summed E-state index contributed by atoms with van der Waals surface area (Å²) in [6, 6.07) is 0.826. The van der Waals surface area contributed by atoms with Crippen LogP contribution >= 0.6 is 0 Å². The summed E-state index contributed by atoms with van der Waals surface area (Å²) in [5, 5.41) is 0. The molecule has 0 N–H and O–H groups in total. The minimum atomic E-state index is -1.85. The minimum absolute atomic E-state index is 0.0242. The van der Waals surface area contributed by atoms with Gasteiger partial charge in [-0.25, -0.2) is 4.79 Å². The predicted octanol–water partition coefficient (Wildman–Crippen LogP) is 2.07. The highest BCUT2D eigenvalue weighted by Crippen LogP contribution is 2.11. The maximum atomic E-state index is 10.8. The zero-order valence-corrected chi connectivity index (χ0v) is 12.1. The van der Waals surface area contributed by atoms with Crippen molar-refractivity contribution in [1.29, 1.82) is 0 Å². The van der Waals surface area contributed by atoms with Gasteiger partial charge in [0.25, 0.3) is 0 Å². The van der Waals surface area contributed by atoms with Gasteiger partial charge in [-0.15, -0.1) is 0 Å². The summed E-state index contributed by atoms with van der Waals surface area (Å²) in [6.45, 7) is 12.4. The molecule has 0 fully saturated rings. The second-order valence-electron chi connectivity index (χ2n) is 4.09. The van der Waals surface area contributed by atoms with E-state index in [4.69, 9.17) is 18.6 Å². The van der Waals surface area contributed by atoms with Crippen LogP contribution in [-0.4, -0.2) is 40.9 Å². The number of carbonyl (C=O) groups is 1. The molecule has 6 heteroatoms. The number of hydrogen-bond donors (Lipinski definition) is 0. The molecular weight excluding hydrogens is 252 g/mol. The second kappa shape index (κ2) is 9.87. The van der Waals surface area contributed by atoms with E-state index in [9.17, 15) is 4.79 Å². The third kappa shape index (κ3) is 10.1. The normalized spacial score (nSPS) is 10.8. The Bertz CT molecular complexity index is 265. The van der Waals surface area contributed by atoms with Crippen LogP contribution in [0.25, 0.3) is 0 Å². The van der Waals surface area contributed by atoms with Crippen LogP contribution in [0.5, 0.6) is 0 Å². The van der Waals surface area contributed by atoms with Gasteiger partial charge in [0.15, 0.2) is 15.1 Å². The summed E-state index contributed by atoms with van der Waals surface area (Å²) in [5.41, 5.74) is 0. The Labute approximate surface area is 109 Å². The third-order valence-electron chi connectivity index (χ3n) is 2.13. The van der Waals surface area contributed by atoms with Crippen LogP contribution in [0.2, 0.25) is 19.1 Å². The quantitative estimate of drug-likeness (QED) is 0.144. The minimum Gasteiger partial charge on any atom is -0.499 e. The molecule has 0 unspecified atom stereocenters. The van der Waals surface area contributed by atoms with E-state index in [2.05, 4.69) is 13.2 Å². The molecule has 104 valence electrons. The zero-order valence-electron chi connectivity index (χ0n) is 11.1. The lowest BCUT2D eigenvalue weighted by Gasteiger charge is -2.22. The first-order valence-corrected chi connectivity index (χ1v) is 8.87. The van der Waals surface area contributed by atoms with Gasteiger partial charge in [0.1, 0.15) is 6.61 Å². The lowest BCUT2D eigenvalue weighted by molar-refractivity contribution is -0.144. The summed E-state index contributed by atoms with van der Waals surface area (Å²) >= 11 is 0. The average molecular weight is 274 g/mol. The average Bonchev–Trinajstić information content (AvgIpc) is 2.33. The summed E-state index contributed by atoms with van der Waals surface area (Å²) in [6.07, 6.45) is 2.50. The molecule has 0 radical (unpaired) electrons. The van der Waals surface area contributed by atoms with Gasteiger partial charge in [0.2, 0.25) is 0 Å². The molecule has 0 spiro atoms. The van der Waals surface area contributed by atoms with E-state index in [-0.39, 0.29) is 6.79 Å². The molecular formula is C12H22O5Si. The molecule has 0 aromatic rings. The molecule has 0 aliphatic rings. The van der Waals surface area contributed by atoms with Crippen LogP contribution in [0, 0.1) is 0 Å². The van der Waals surface area contributed by atoms with Crippen molar-refractivity contribution in [1.82, 2.24) is 0 Å². The Morgan fingerprint density at radius 2 is 1.94 bits per heavy atom. The molecule has 5 nitrogen and oxygen atoms in total. The van der Waals surface area contributed by atoms with Gasteiger partial charge in [-0.2, -0.15) is 0 Å². The highest BCUT2D eigenvalue weighted by Gasteiger charge is 2.22. The molecule has 0 rings (SSSR count). The van der Waals surface area contributed by atoms with E-state index in [1.54, 1.807) is 0 Å². The van der Waals surface area contributed by atoms with Crippen molar-refractivity contribution < 1.29 is 23.4 Å². The van der Waals surface area contributed by atoms with Crippen molar-refractivity contribution in [2.45, 2.75) is 19.1 Å². The van der Waals surface area contributed by atoms with E-state index < -0.39 is 14.3 Å². The van der Waals surface area contributed by atoms with E-state index in [0.29, 0.717) is 19.8 Å². The number of esters is 1. The molecule has 0 aliphatic carbocycles. The molecule has 0 amide bonds. The maximum absolute atomic E-state index is 10.8. The van der Waals surface area contributed by atoms with Gasteiger partial charge >= 0.3 is 5.97 Å². The summed E-state index contributed by atoms with van der Waals surface area (Å²) < 4.78 is 20.6. The van der Waals surface area contributed by atoms with Gasteiger partial charge in [0.05, 0.1) is 12.9 Å². The Balaban J connectivity index is 3.56. The maximum Gasteiger partial charge on any atom is 0.332 e. The fourth-order valence-electron chi connectivity index (χ4n) is 0.989. The molecule has 0 saturated heterocycles. The molecule has 0 aliphatic heterocycles. The molecule has 0 saturated carbocycles. The monoisotopic (exact) mass is 274 g/mol. The zero-order chi connectivity index (χ0) is 13.9. The van der Waals surface area contributed by atoms with E-state index >= 15 is 0 Å². The van der Waals surface area contributed by atoms with Gasteiger partial charge in [-0.1, -0.05) is 13.2 Å². The van der Waals surface area contributed by atoms with Crippen LogP contribution < -0.4 is 0 Å². The second-order valence-corrected chi connectivity index (χ2v) is 8.40. The van der Waals surface area contributed by atoms with Crippen LogP contribution in [0.4, 0.5) is 0 Å². The van der Waals surface area contributed by atoms with Gasteiger partial charge in [-0.3, -0.25) is 0 Å². The van der Waals surface area contributed by atoms with Crippen LogP contribution in [0.1, 0.15) is 0 Å². The lowest BCUT2D eigenvalue weighted by Crippen LogP contribution is -2.33. The SMILES string of the molecule is C=COCCOCC[Si](C)(C)OCOC(=O)C=C. The fourth-order valence-corrected chi connectivity index (χ4v) is 2.15. The molecule has 0 bridgehead atoms. The van der Waals surface area contributed by atoms with Crippen molar-refractivity contribution in [2.24, 2.45) is 0 Å². The first-order valence-electron chi connectivity index (χ1n) is 5.75. The van der Waals surface area contributed by atoms with Crippen molar-refractivity contribution in [3.05, 3.63) is 25.5 Å². The predicted molar refractivity (Wildman–Crippen MR) is 71.5 cm³/mol. The Hall–Kier alpha value is -1.11. The standard InChI is InChI=1S/C12H22O5Si/c1-5-12(13)16-11-17-18(3,4)10-9-15-8-7-14-6-2/h5-6H,1-2,7-11H2,3-4H3. The molecule has 0 aromatic heterocycles. The molecule has 0 heterocycles. The smallest absolute Gasteiger partial charge is 0.332 e. The van der Waals surface area contributed by atoms with Gasteiger partial charge in [0, 0.05) is 12.7 Å². The van der Waals surface area contributed by atoms with Crippen molar-refractivity contribution >= 4 is 14.3 Å². The number of rotatable bonds is 11. The van der Waals surface area contributed by atoms with E-state index in [0.717, 1.165) is 12.1 Å². The first-order chi connectivity index (χ1) is 8.52.